The van der Waals surface area contributed by atoms with E-state index < -0.39 is 0 Å². The minimum absolute atomic E-state index is 0. The largest absolute Gasteiger partial charge is 0.370 e. The molecule has 0 unspecified atom stereocenters. The number of amides is 1. The van der Waals surface area contributed by atoms with Gasteiger partial charge in [0, 0.05) is 13.1 Å². The number of carbonyl (C=O) groups is 1. The molecule has 76 valence electrons. The molecule has 13 heavy (non-hydrogen) atoms. The normalized spacial score (nSPS) is 14.9. The standard InChI is InChI=1S/C7H14N4O.BrH/c8-7(9)10-5-6(12)11-3-1-2-4-11;/h1-5H2,(H4,8,9,10);1H. The van der Waals surface area contributed by atoms with Crippen molar-refractivity contribution in [2.24, 2.45) is 16.5 Å². The minimum Gasteiger partial charge on any atom is -0.370 e. The van der Waals surface area contributed by atoms with Gasteiger partial charge in [-0.05, 0) is 12.8 Å². The van der Waals surface area contributed by atoms with Crippen LogP contribution >= 0.6 is 17.0 Å². The molecule has 0 spiro atoms. The average molecular weight is 251 g/mol. The maximum atomic E-state index is 11.3. The highest BCUT2D eigenvalue weighted by Gasteiger charge is 2.16. The number of hydrogen-bond acceptors (Lipinski definition) is 2. The van der Waals surface area contributed by atoms with Gasteiger partial charge >= 0.3 is 0 Å². The number of likely N-dealkylation sites (tertiary alicyclic amines) is 1. The zero-order valence-electron chi connectivity index (χ0n) is 7.40. The van der Waals surface area contributed by atoms with Gasteiger partial charge in [0.15, 0.2) is 5.96 Å². The summed E-state index contributed by atoms with van der Waals surface area (Å²) in [6, 6.07) is 0. The lowest BCUT2D eigenvalue weighted by Gasteiger charge is -2.12. The van der Waals surface area contributed by atoms with Gasteiger partial charge in [-0.25, -0.2) is 4.99 Å². The maximum absolute atomic E-state index is 11.3. The van der Waals surface area contributed by atoms with Crippen LogP contribution in [0.5, 0.6) is 0 Å². The van der Waals surface area contributed by atoms with Gasteiger partial charge in [-0.2, -0.15) is 0 Å². The molecule has 0 aromatic rings. The van der Waals surface area contributed by atoms with Gasteiger partial charge in [0.05, 0.1) is 0 Å². The van der Waals surface area contributed by atoms with Crippen LogP contribution in [0, 0.1) is 0 Å². The number of aliphatic imine (C=N–C) groups is 1. The Morgan fingerprint density at radius 1 is 1.31 bits per heavy atom. The van der Waals surface area contributed by atoms with E-state index >= 15 is 0 Å². The van der Waals surface area contributed by atoms with Crippen molar-refractivity contribution in [2.75, 3.05) is 19.6 Å². The second-order valence-corrected chi connectivity index (χ2v) is 2.83. The van der Waals surface area contributed by atoms with Gasteiger partial charge in [-0.1, -0.05) is 0 Å². The van der Waals surface area contributed by atoms with Gasteiger partial charge in [0.25, 0.3) is 0 Å². The van der Waals surface area contributed by atoms with E-state index in [1.165, 1.54) is 0 Å². The second kappa shape index (κ2) is 5.80. The monoisotopic (exact) mass is 250 g/mol. The van der Waals surface area contributed by atoms with Crippen LogP contribution in [0.3, 0.4) is 0 Å². The third-order valence-corrected chi connectivity index (χ3v) is 1.86. The lowest BCUT2D eigenvalue weighted by atomic mass is 10.4. The van der Waals surface area contributed by atoms with Gasteiger partial charge in [-0.15, -0.1) is 17.0 Å². The number of halogens is 1. The Labute approximate surface area is 87.9 Å². The SMILES string of the molecule is Br.NC(N)=NCC(=O)N1CCCC1. The highest BCUT2D eigenvalue weighted by atomic mass is 79.9. The first kappa shape index (κ1) is 12.2. The van der Waals surface area contributed by atoms with Crippen LogP contribution in [0.4, 0.5) is 0 Å². The van der Waals surface area contributed by atoms with Gasteiger partial charge in [-0.3, -0.25) is 4.79 Å². The van der Waals surface area contributed by atoms with E-state index in [4.69, 9.17) is 11.5 Å². The van der Waals surface area contributed by atoms with Crippen molar-refractivity contribution in [3.8, 4) is 0 Å². The van der Waals surface area contributed by atoms with Crippen molar-refractivity contribution in [2.45, 2.75) is 12.8 Å². The number of hydrogen-bond donors (Lipinski definition) is 2. The molecule has 1 rings (SSSR count). The number of nitrogens with two attached hydrogens (primary N) is 2. The Balaban J connectivity index is 0.00000144. The number of guanidine groups is 1. The molecule has 4 N–H and O–H groups in total. The molecule has 0 radical (unpaired) electrons. The zero-order chi connectivity index (χ0) is 8.97. The van der Waals surface area contributed by atoms with Crippen LogP contribution in [0.15, 0.2) is 4.99 Å². The Kier molecular flexibility index (Phi) is 5.45. The number of rotatable bonds is 2. The quantitative estimate of drug-likeness (QED) is 0.510. The molecule has 1 fully saturated rings. The summed E-state index contributed by atoms with van der Waals surface area (Å²) in [6.07, 6.45) is 2.18. The molecule has 0 bridgehead atoms. The Hall–Kier alpha value is -0.780. The fourth-order valence-corrected chi connectivity index (χ4v) is 1.23. The van der Waals surface area contributed by atoms with Crippen LogP contribution in [0.1, 0.15) is 12.8 Å². The van der Waals surface area contributed by atoms with Crippen molar-refractivity contribution in [1.29, 1.82) is 0 Å². The molecular formula is C7H15BrN4O. The van der Waals surface area contributed by atoms with E-state index in [-0.39, 0.29) is 35.4 Å². The predicted molar refractivity (Wildman–Crippen MR) is 56.8 cm³/mol. The molecule has 0 aromatic carbocycles. The van der Waals surface area contributed by atoms with Crippen LogP contribution in [-0.2, 0) is 4.79 Å². The lowest BCUT2D eigenvalue weighted by Crippen LogP contribution is -2.31. The zero-order valence-corrected chi connectivity index (χ0v) is 9.11. The summed E-state index contributed by atoms with van der Waals surface area (Å²) < 4.78 is 0. The summed E-state index contributed by atoms with van der Waals surface area (Å²) >= 11 is 0. The van der Waals surface area contributed by atoms with E-state index in [1.54, 1.807) is 4.90 Å². The molecule has 1 amide bonds. The molecule has 0 saturated carbocycles. The summed E-state index contributed by atoms with van der Waals surface area (Å²) in [7, 11) is 0. The summed E-state index contributed by atoms with van der Waals surface area (Å²) in [6.45, 7) is 1.78. The number of nitrogens with zero attached hydrogens (tertiary/aromatic N) is 2. The van der Waals surface area contributed by atoms with Crippen molar-refractivity contribution in [3.05, 3.63) is 0 Å². The smallest absolute Gasteiger partial charge is 0.244 e. The van der Waals surface area contributed by atoms with Crippen molar-refractivity contribution >= 4 is 28.8 Å². The van der Waals surface area contributed by atoms with E-state index in [1.807, 2.05) is 0 Å². The van der Waals surface area contributed by atoms with E-state index in [0.717, 1.165) is 25.9 Å². The minimum atomic E-state index is -0.0254. The first-order valence-corrected chi connectivity index (χ1v) is 4.03. The predicted octanol–water partition coefficient (Wildman–Crippen LogP) is -0.540. The van der Waals surface area contributed by atoms with Crippen LogP contribution in [0.25, 0.3) is 0 Å². The van der Waals surface area contributed by atoms with Crippen LogP contribution in [0.2, 0.25) is 0 Å². The molecule has 5 nitrogen and oxygen atoms in total. The van der Waals surface area contributed by atoms with Crippen molar-refractivity contribution in [3.63, 3.8) is 0 Å². The molecular weight excluding hydrogens is 236 g/mol. The van der Waals surface area contributed by atoms with Gasteiger partial charge < -0.3 is 16.4 Å². The molecule has 0 atom stereocenters. The van der Waals surface area contributed by atoms with Crippen LogP contribution in [-0.4, -0.2) is 36.4 Å². The van der Waals surface area contributed by atoms with E-state index in [2.05, 4.69) is 4.99 Å². The first-order chi connectivity index (χ1) is 5.70. The fraction of sp³-hybridized carbons (Fsp3) is 0.714. The average Bonchev–Trinajstić information content (AvgIpc) is 2.51. The molecule has 0 aliphatic carbocycles. The van der Waals surface area contributed by atoms with E-state index in [9.17, 15) is 4.79 Å². The summed E-state index contributed by atoms with van der Waals surface area (Å²) in [5, 5.41) is 0. The van der Waals surface area contributed by atoms with Gasteiger partial charge in [0.2, 0.25) is 5.91 Å². The molecule has 1 saturated heterocycles. The number of carbonyl (C=O) groups excluding carboxylic acids is 1. The summed E-state index contributed by atoms with van der Waals surface area (Å²) in [4.78, 5) is 16.7. The summed E-state index contributed by atoms with van der Waals surface area (Å²) in [5.74, 6) is -0.0107. The fourth-order valence-electron chi connectivity index (χ4n) is 1.23. The van der Waals surface area contributed by atoms with Crippen LogP contribution < -0.4 is 11.5 Å². The van der Waals surface area contributed by atoms with E-state index in [0.29, 0.717) is 0 Å². The first-order valence-electron chi connectivity index (χ1n) is 4.03. The van der Waals surface area contributed by atoms with Crippen molar-refractivity contribution < 1.29 is 4.79 Å². The van der Waals surface area contributed by atoms with Crippen molar-refractivity contribution in [1.82, 2.24) is 4.90 Å². The molecule has 1 heterocycles. The second-order valence-electron chi connectivity index (χ2n) is 2.83. The third-order valence-electron chi connectivity index (χ3n) is 1.86. The third kappa shape index (κ3) is 4.12. The topological polar surface area (TPSA) is 84.7 Å². The Morgan fingerprint density at radius 3 is 2.31 bits per heavy atom. The molecule has 1 aliphatic rings. The molecule has 6 heteroatoms. The Morgan fingerprint density at radius 2 is 1.85 bits per heavy atom. The molecule has 1 aliphatic heterocycles. The maximum Gasteiger partial charge on any atom is 0.244 e. The lowest BCUT2D eigenvalue weighted by molar-refractivity contribution is -0.128. The highest BCUT2D eigenvalue weighted by molar-refractivity contribution is 8.93. The summed E-state index contributed by atoms with van der Waals surface area (Å²) in [5.41, 5.74) is 10.2. The van der Waals surface area contributed by atoms with Gasteiger partial charge in [0.1, 0.15) is 6.54 Å². The Bertz CT molecular complexity index is 197. The highest BCUT2D eigenvalue weighted by Crippen LogP contribution is 2.06. The molecule has 0 aromatic heterocycles.